The van der Waals surface area contributed by atoms with Crippen LogP contribution in [-0.4, -0.2) is 41.4 Å². The predicted molar refractivity (Wildman–Crippen MR) is 120 cm³/mol. The van der Waals surface area contributed by atoms with Crippen molar-refractivity contribution in [3.8, 4) is 16.9 Å². The Morgan fingerprint density at radius 3 is 2.56 bits per heavy atom. The van der Waals surface area contributed by atoms with Crippen molar-refractivity contribution in [3.63, 3.8) is 0 Å². The monoisotopic (exact) mass is 496 g/mol. The molecule has 6 rings (SSSR count). The maximum absolute atomic E-state index is 14.8. The van der Waals surface area contributed by atoms with Gasteiger partial charge in [-0.1, -0.05) is 6.07 Å². The van der Waals surface area contributed by atoms with Gasteiger partial charge in [0.05, 0.1) is 23.0 Å². The molecule has 4 aromatic rings. The average Bonchev–Trinajstić information content (AvgIpc) is 3.49. The highest BCUT2D eigenvalue weighted by atomic mass is 19.2. The second-order valence-electron chi connectivity index (χ2n) is 9.08. The van der Waals surface area contributed by atoms with E-state index in [0.29, 0.717) is 30.7 Å². The molecule has 0 aliphatic carbocycles. The molecule has 1 amide bonds. The molecule has 1 saturated heterocycles. The summed E-state index contributed by atoms with van der Waals surface area (Å²) in [6.45, 7) is 0. The zero-order valence-electron chi connectivity index (χ0n) is 19.1. The fraction of sp³-hybridized carbons (Fsp3) is 0.280. The second kappa shape index (κ2) is 8.28. The molecule has 2 unspecified atom stereocenters. The van der Waals surface area contributed by atoms with Crippen molar-refractivity contribution in [1.82, 2.24) is 29.4 Å². The van der Waals surface area contributed by atoms with Gasteiger partial charge in [-0.15, -0.1) is 0 Å². The lowest BCUT2D eigenvalue weighted by molar-refractivity contribution is 0.0391. The van der Waals surface area contributed by atoms with Crippen molar-refractivity contribution in [1.29, 1.82) is 0 Å². The molecule has 7 nitrogen and oxygen atoms in total. The van der Waals surface area contributed by atoms with Crippen LogP contribution in [0.4, 0.5) is 17.6 Å². The normalized spacial score (nSPS) is 18.9. The molecule has 2 aliphatic rings. The van der Waals surface area contributed by atoms with Gasteiger partial charge < -0.3 is 4.90 Å². The largest absolute Gasteiger partial charge is 0.327 e. The number of rotatable bonds is 3. The Morgan fingerprint density at radius 1 is 1.06 bits per heavy atom. The summed E-state index contributed by atoms with van der Waals surface area (Å²) in [7, 11) is 1.65. The number of aromatic nitrogens is 5. The Bertz CT molecular complexity index is 1480. The fourth-order valence-corrected chi connectivity index (χ4v) is 5.59. The summed E-state index contributed by atoms with van der Waals surface area (Å²) in [6, 6.07) is 5.58. The van der Waals surface area contributed by atoms with Crippen LogP contribution in [0.25, 0.3) is 16.9 Å². The number of nitrogens with zero attached hydrogens (tertiary/aromatic N) is 6. The van der Waals surface area contributed by atoms with Crippen molar-refractivity contribution >= 4 is 5.91 Å². The maximum Gasteiger partial charge on any atom is 0.256 e. The molecular weight excluding hydrogens is 476 g/mol. The van der Waals surface area contributed by atoms with Gasteiger partial charge in [0.2, 0.25) is 0 Å². The fourth-order valence-electron chi connectivity index (χ4n) is 5.59. The molecule has 1 fully saturated rings. The van der Waals surface area contributed by atoms with Crippen molar-refractivity contribution in [2.75, 3.05) is 0 Å². The summed E-state index contributed by atoms with van der Waals surface area (Å²) in [6.07, 6.45) is 5.19. The molecule has 2 bridgehead atoms. The van der Waals surface area contributed by atoms with Crippen LogP contribution in [0, 0.1) is 23.3 Å². The van der Waals surface area contributed by atoms with Gasteiger partial charge in [0, 0.05) is 24.2 Å². The van der Waals surface area contributed by atoms with E-state index in [2.05, 4.69) is 15.2 Å². The number of halogens is 4. The quantitative estimate of drug-likeness (QED) is 0.309. The van der Waals surface area contributed by atoms with E-state index in [0.717, 1.165) is 24.1 Å². The van der Waals surface area contributed by atoms with Gasteiger partial charge in [-0.25, -0.2) is 27.2 Å². The molecule has 0 saturated carbocycles. The Labute approximate surface area is 203 Å². The first-order valence-electron chi connectivity index (χ1n) is 11.5. The third-order valence-corrected chi connectivity index (χ3v) is 7.03. The standard InChI is InChI=1S/C25H20F4N6O/c1-33-23(13-8-18(27)21(29)19(28)9-13)16-10-14-4-2-7-20(22(16)32-33)35(14)25(36)15-5-3-6-17(26)24(15)34-12-30-11-31-34/h3,5-6,8-9,11-12,14,20H,2,4,7,10H2,1H3. The van der Waals surface area contributed by atoms with Crippen molar-refractivity contribution in [2.24, 2.45) is 7.05 Å². The predicted octanol–water partition coefficient (Wildman–Crippen LogP) is 4.52. The Balaban J connectivity index is 1.45. The van der Waals surface area contributed by atoms with E-state index in [4.69, 9.17) is 0 Å². The number of hydrogen-bond acceptors (Lipinski definition) is 4. The van der Waals surface area contributed by atoms with Gasteiger partial charge in [0.1, 0.15) is 24.2 Å². The molecular formula is C25H20F4N6O. The van der Waals surface area contributed by atoms with Crippen LogP contribution in [0.1, 0.15) is 46.9 Å². The Morgan fingerprint density at radius 2 is 1.83 bits per heavy atom. The maximum atomic E-state index is 14.8. The van der Waals surface area contributed by atoms with Gasteiger partial charge in [-0.2, -0.15) is 10.2 Å². The molecule has 11 heteroatoms. The van der Waals surface area contributed by atoms with Crippen LogP contribution in [0.2, 0.25) is 0 Å². The lowest BCUT2D eigenvalue weighted by atomic mass is 9.81. The SMILES string of the molecule is Cn1nc2c(c1-c1cc(F)c(F)c(F)c1)CC1CCCC2N1C(=O)c1cccc(F)c1-n1cncn1. The van der Waals surface area contributed by atoms with Crippen molar-refractivity contribution in [3.05, 3.63) is 83.1 Å². The molecule has 36 heavy (non-hydrogen) atoms. The summed E-state index contributed by atoms with van der Waals surface area (Å²) in [4.78, 5) is 19.5. The minimum Gasteiger partial charge on any atom is -0.327 e. The highest BCUT2D eigenvalue weighted by Crippen LogP contribution is 2.45. The van der Waals surface area contributed by atoms with Gasteiger partial charge in [-0.3, -0.25) is 9.48 Å². The van der Waals surface area contributed by atoms with Crippen LogP contribution in [0.5, 0.6) is 0 Å². The Kier molecular flexibility index (Phi) is 5.16. The number of carbonyl (C=O) groups is 1. The molecule has 2 aromatic carbocycles. The number of piperidine rings is 1. The van der Waals surface area contributed by atoms with Crippen LogP contribution < -0.4 is 0 Å². The van der Waals surface area contributed by atoms with Crippen LogP contribution in [0.3, 0.4) is 0 Å². The van der Waals surface area contributed by atoms with E-state index >= 15 is 0 Å². The summed E-state index contributed by atoms with van der Waals surface area (Å²) in [5.74, 6) is -5.04. The van der Waals surface area contributed by atoms with E-state index in [1.165, 1.54) is 34.2 Å². The van der Waals surface area contributed by atoms with Crippen LogP contribution in [-0.2, 0) is 13.5 Å². The number of para-hydroxylation sites is 1. The van der Waals surface area contributed by atoms with Gasteiger partial charge in [0.25, 0.3) is 5.91 Å². The lowest BCUT2D eigenvalue weighted by Crippen LogP contribution is -2.50. The number of benzene rings is 2. The van der Waals surface area contributed by atoms with E-state index in [-0.39, 0.29) is 28.8 Å². The lowest BCUT2D eigenvalue weighted by Gasteiger charge is -2.45. The smallest absolute Gasteiger partial charge is 0.256 e. The molecule has 2 aliphatic heterocycles. The number of fused-ring (bicyclic) bond motifs is 4. The number of carbonyl (C=O) groups excluding carboxylic acids is 1. The van der Waals surface area contributed by atoms with Gasteiger partial charge in [0.15, 0.2) is 17.5 Å². The summed E-state index contributed by atoms with van der Waals surface area (Å²) < 4.78 is 59.2. The minimum absolute atomic E-state index is 0.0165. The van der Waals surface area contributed by atoms with Crippen LogP contribution in [0.15, 0.2) is 43.0 Å². The first-order valence-corrected chi connectivity index (χ1v) is 11.5. The average molecular weight is 496 g/mol. The highest BCUT2D eigenvalue weighted by Gasteiger charge is 2.44. The van der Waals surface area contributed by atoms with E-state index in [1.54, 1.807) is 18.0 Å². The van der Waals surface area contributed by atoms with Crippen LogP contribution >= 0.6 is 0 Å². The zero-order chi connectivity index (χ0) is 25.1. The van der Waals surface area contributed by atoms with E-state index < -0.39 is 29.3 Å². The third kappa shape index (κ3) is 3.33. The Hall–Kier alpha value is -4.02. The molecule has 2 atom stereocenters. The highest BCUT2D eigenvalue weighted by molar-refractivity contribution is 5.98. The van der Waals surface area contributed by atoms with Crippen molar-refractivity contribution < 1.29 is 22.4 Å². The minimum atomic E-state index is -1.53. The molecule has 184 valence electrons. The van der Waals surface area contributed by atoms with Crippen molar-refractivity contribution in [2.45, 2.75) is 37.8 Å². The zero-order valence-corrected chi connectivity index (χ0v) is 19.1. The number of amides is 1. The van der Waals surface area contributed by atoms with Gasteiger partial charge in [-0.05, 0) is 49.9 Å². The van der Waals surface area contributed by atoms with E-state index in [1.807, 2.05) is 0 Å². The van der Waals surface area contributed by atoms with E-state index in [9.17, 15) is 22.4 Å². The molecule has 0 spiro atoms. The van der Waals surface area contributed by atoms with Gasteiger partial charge >= 0.3 is 0 Å². The first-order chi connectivity index (χ1) is 17.3. The molecule has 2 aromatic heterocycles. The molecule has 0 radical (unpaired) electrons. The second-order valence-corrected chi connectivity index (χ2v) is 9.08. The summed E-state index contributed by atoms with van der Waals surface area (Å²) in [5, 5.41) is 8.63. The summed E-state index contributed by atoms with van der Waals surface area (Å²) in [5.41, 5.74) is 2.24. The molecule has 4 heterocycles. The molecule has 0 N–H and O–H groups in total. The topological polar surface area (TPSA) is 68.8 Å². The third-order valence-electron chi connectivity index (χ3n) is 7.03. The number of aryl methyl sites for hydroxylation is 1. The summed E-state index contributed by atoms with van der Waals surface area (Å²) >= 11 is 0. The first kappa shape index (κ1) is 22.4. The number of hydrogen-bond donors (Lipinski definition) is 0.